The van der Waals surface area contributed by atoms with Crippen LogP contribution in [-0.4, -0.2) is 49.1 Å². The topological polar surface area (TPSA) is 63.7 Å². The van der Waals surface area contributed by atoms with E-state index in [1.54, 1.807) is 31.4 Å². The number of amides is 1. The zero-order valence-corrected chi connectivity index (χ0v) is 15.0. The molecule has 0 spiro atoms. The zero-order valence-electron chi connectivity index (χ0n) is 15.0. The predicted molar refractivity (Wildman–Crippen MR) is 98.5 cm³/mol. The third kappa shape index (κ3) is 5.46. The van der Waals surface area contributed by atoms with Crippen LogP contribution < -0.4 is 14.8 Å². The van der Waals surface area contributed by atoms with Gasteiger partial charge in [0, 0.05) is 18.8 Å². The number of ether oxygens (including phenoxy) is 2. The summed E-state index contributed by atoms with van der Waals surface area (Å²) in [4.78, 5) is 18.8. The van der Waals surface area contributed by atoms with E-state index in [9.17, 15) is 4.79 Å². The Balaban J connectivity index is 1.91. The van der Waals surface area contributed by atoms with Crippen LogP contribution in [0.1, 0.15) is 24.2 Å². The summed E-state index contributed by atoms with van der Waals surface area (Å²) in [6, 6.07) is 10.7. The van der Waals surface area contributed by atoms with Crippen LogP contribution in [0.25, 0.3) is 0 Å². The number of benzene rings is 1. The van der Waals surface area contributed by atoms with Crippen molar-refractivity contribution in [1.29, 1.82) is 0 Å². The van der Waals surface area contributed by atoms with Gasteiger partial charge in [0.05, 0.1) is 18.4 Å². The number of hydrogen-bond acceptors (Lipinski definition) is 5. The van der Waals surface area contributed by atoms with Crippen molar-refractivity contribution >= 4 is 11.6 Å². The molecule has 1 amide bonds. The maximum atomic E-state index is 12.3. The molecule has 134 valence electrons. The average molecular weight is 343 g/mol. The van der Waals surface area contributed by atoms with Crippen LogP contribution in [0.15, 0.2) is 42.6 Å². The number of nitrogens with one attached hydrogen (secondary N) is 1. The van der Waals surface area contributed by atoms with Crippen molar-refractivity contribution in [3.8, 4) is 11.6 Å². The second kappa shape index (κ2) is 9.64. The molecular formula is C19H25N3O3. The largest absolute Gasteiger partial charge is 0.495 e. The molecule has 25 heavy (non-hydrogen) atoms. The van der Waals surface area contributed by atoms with Crippen molar-refractivity contribution in [2.45, 2.75) is 13.8 Å². The third-order valence-corrected chi connectivity index (χ3v) is 3.91. The Bertz CT molecular complexity index is 670. The van der Waals surface area contributed by atoms with Crippen LogP contribution in [0.5, 0.6) is 11.6 Å². The number of methoxy groups -OCH3 is 1. The van der Waals surface area contributed by atoms with Crippen LogP contribution in [0.2, 0.25) is 0 Å². The molecule has 0 unspecified atom stereocenters. The predicted octanol–water partition coefficient (Wildman–Crippen LogP) is 3.06. The fourth-order valence-corrected chi connectivity index (χ4v) is 2.36. The van der Waals surface area contributed by atoms with Crippen LogP contribution in [0.4, 0.5) is 5.69 Å². The monoisotopic (exact) mass is 343 g/mol. The van der Waals surface area contributed by atoms with Gasteiger partial charge in [-0.1, -0.05) is 26.0 Å². The van der Waals surface area contributed by atoms with Gasteiger partial charge in [-0.25, -0.2) is 4.98 Å². The van der Waals surface area contributed by atoms with E-state index in [0.29, 0.717) is 29.5 Å². The fraction of sp³-hybridized carbons (Fsp3) is 0.368. The highest BCUT2D eigenvalue weighted by molar-refractivity contribution is 6.04. The number of carbonyl (C=O) groups is 1. The first-order valence-electron chi connectivity index (χ1n) is 8.43. The summed E-state index contributed by atoms with van der Waals surface area (Å²) in [5, 5.41) is 2.82. The molecule has 1 aromatic carbocycles. The lowest BCUT2D eigenvalue weighted by molar-refractivity contribution is 0.102. The van der Waals surface area contributed by atoms with Gasteiger partial charge < -0.3 is 19.7 Å². The number of anilines is 1. The molecule has 0 atom stereocenters. The minimum Gasteiger partial charge on any atom is -0.495 e. The number of pyridine rings is 1. The van der Waals surface area contributed by atoms with Gasteiger partial charge in [0.2, 0.25) is 5.88 Å². The maximum Gasteiger partial charge on any atom is 0.257 e. The Morgan fingerprint density at radius 2 is 1.92 bits per heavy atom. The van der Waals surface area contributed by atoms with E-state index < -0.39 is 0 Å². The standard InChI is InChI=1S/C19H25N3O3/c1-4-22(5-2)12-13-25-18-11-10-15(14-20-18)19(23)21-16-8-6-7-9-17(16)24-3/h6-11,14H,4-5,12-13H2,1-3H3,(H,21,23). The Kier molecular flexibility index (Phi) is 7.22. The van der Waals surface area contributed by atoms with Gasteiger partial charge in [-0.15, -0.1) is 0 Å². The van der Waals surface area contributed by atoms with Crippen molar-refractivity contribution in [1.82, 2.24) is 9.88 Å². The van der Waals surface area contributed by atoms with E-state index in [4.69, 9.17) is 9.47 Å². The lowest BCUT2D eigenvalue weighted by Gasteiger charge is -2.17. The van der Waals surface area contributed by atoms with Crippen LogP contribution >= 0.6 is 0 Å². The number of carbonyl (C=O) groups excluding carboxylic acids is 1. The molecule has 0 radical (unpaired) electrons. The summed E-state index contributed by atoms with van der Waals surface area (Å²) in [7, 11) is 1.57. The second-order valence-corrected chi connectivity index (χ2v) is 5.41. The van der Waals surface area contributed by atoms with Crippen molar-refractivity contribution in [2.75, 3.05) is 38.7 Å². The Morgan fingerprint density at radius 1 is 1.16 bits per heavy atom. The first kappa shape index (κ1) is 18.7. The normalized spacial score (nSPS) is 10.6. The highest BCUT2D eigenvalue weighted by Gasteiger charge is 2.10. The molecule has 0 saturated heterocycles. The van der Waals surface area contributed by atoms with Gasteiger partial charge >= 0.3 is 0 Å². The van der Waals surface area contributed by atoms with Gasteiger partial charge in [-0.2, -0.15) is 0 Å². The number of rotatable bonds is 9. The van der Waals surface area contributed by atoms with E-state index in [1.165, 1.54) is 6.20 Å². The van der Waals surface area contributed by atoms with Gasteiger partial charge in [-0.3, -0.25) is 4.79 Å². The van der Waals surface area contributed by atoms with E-state index in [0.717, 1.165) is 19.6 Å². The molecule has 1 heterocycles. The van der Waals surface area contributed by atoms with E-state index in [1.807, 2.05) is 12.1 Å². The first-order chi connectivity index (χ1) is 12.2. The molecule has 0 aliphatic heterocycles. The molecule has 2 rings (SSSR count). The molecule has 2 aromatic rings. The smallest absolute Gasteiger partial charge is 0.257 e. The molecule has 6 heteroatoms. The minimum atomic E-state index is -0.244. The van der Waals surface area contributed by atoms with E-state index in [-0.39, 0.29) is 5.91 Å². The molecule has 0 fully saturated rings. The van der Waals surface area contributed by atoms with Crippen LogP contribution in [-0.2, 0) is 0 Å². The molecular weight excluding hydrogens is 318 g/mol. The number of likely N-dealkylation sites (N-methyl/N-ethyl adjacent to an activating group) is 1. The summed E-state index contributed by atoms with van der Waals surface area (Å²) >= 11 is 0. The lowest BCUT2D eigenvalue weighted by Crippen LogP contribution is -2.28. The molecule has 0 saturated carbocycles. The first-order valence-corrected chi connectivity index (χ1v) is 8.43. The summed E-state index contributed by atoms with van der Waals surface area (Å²) < 4.78 is 10.9. The van der Waals surface area contributed by atoms with Crippen molar-refractivity contribution in [2.24, 2.45) is 0 Å². The van der Waals surface area contributed by atoms with Crippen molar-refractivity contribution in [3.63, 3.8) is 0 Å². The van der Waals surface area contributed by atoms with Gasteiger partial charge in [0.25, 0.3) is 5.91 Å². The highest BCUT2D eigenvalue weighted by Crippen LogP contribution is 2.23. The van der Waals surface area contributed by atoms with Crippen LogP contribution in [0, 0.1) is 0 Å². The SMILES string of the molecule is CCN(CC)CCOc1ccc(C(=O)Nc2ccccc2OC)cn1. The van der Waals surface area contributed by atoms with Gasteiger partial charge in [-0.05, 0) is 31.3 Å². The third-order valence-electron chi connectivity index (χ3n) is 3.91. The molecule has 0 bridgehead atoms. The van der Waals surface area contributed by atoms with Crippen molar-refractivity contribution < 1.29 is 14.3 Å². The highest BCUT2D eigenvalue weighted by atomic mass is 16.5. The minimum absolute atomic E-state index is 0.244. The fourth-order valence-electron chi connectivity index (χ4n) is 2.36. The number of para-hydroxylation sites is 2. The molecule has 0 aliphatic carbocycles. The summed E-state index contributed by atoms with van der Waals surface area (Å²) in [6.07, 6.45) is 1.51. The molecule has 6 nitrogen and oxygen atoms in total. The number of hydrogen-bond donors (Lipinski definition) is 1. The molecule has 1 N–H and O–H groups in total. The molecule has 1 aromatic heterocycles. The summed E-state index contributed by atoms with van der Waals surface area (Å²) in [5.41, 5.74) is 1.08. The number of nitrogens with zero attached hydrogens (tertiary/aromatic N) is 2. The Labute approximate surface area is 148 Å². The quantitative estimate of drug-likeness (QED) is 0.758. The van der Waals surface area contributed by atoms with Gasteiger partial charge in [0.15, 0.2) is 0 Å². The van der Waals surface area contributed by atoms with Gasteiger partial charge in [0.1, 0.15) is 12.4 Å². The average Bonchev–Trinajstić information content (AvgIpc) is 2.66. The van der Waals surface area contributed by atoms with Crippen LogP contribution in [0.3, 0.4) is 0 Å². The second-order valence-electron chi connectivity index (χ2n) is 5.41. The Morgan fingerprint density at radius 3 is 2.56 bits per heavy atom. The summed E-state index contributed by atoms with van der Waals surface area (Å²) in [5.74, 6) is 0.882. The lowest BCUT2D eigenvalue weighted by atomic mass is 10.2. The summed E-state index contributed by atoms with van der Waals surface area (Å²) in [6.45, 7) is 7.66. The van der Waals surface area contributed by atoms with E-state index >= 15 is 0 Å². The zero-order chi connectivity index (χ0) is 18.1. The van der Waals surface area contributed by atoms with E-state index in [2.05, 4.69) is 29.0 Å². The molecule has 0 aliphatic rings. The van der Waals surface area contributed by atoms with Crippen molar-refractivity contribution in [3.05, 3.63) is 48.2 Å². The Hall–Kier alpha value is -2.60. The number of aromatic nitrogens is 1. The maximum absolute atomic E-state index is 12.3.